The van der Waals surface area contributed by atoms with Crippen LogP contribution in [0.3, 0.4) is 0 Å². The minimum absolute atomic E-state index is 0.0432. The molecule has 2 heterocycles. The van der Waals surface area contributed by atoms with Crippen molar-refractivity contribution in [2.75, 3.05) is 18.5 Å². The number of hydrogen-bond acceptors (Lipinski definition) is 7. The monoisotopic (exact) mass is 452 g/mol. The van der Waals surface area contributed by atoms with Crippen molar-refractivity contribution in [3.8, 4) is 0 Å². The lowest BCUT2D eigenvalue weighted by atomic mass is 10.1. The van der Waals surface area contributed by atoms with Crippen LogP contribution in [-0.2, 0) is 20.7 Å². The zero-order valence-corrected chi connectivity index (χ0v) is 17.3. The second-order valence-electron chi connectivity index (χ2n) is 8.04. The number of ether oxygens (including phenoxy) is 2. The molecule has 1 aliphatic heterocycles. The molecule has 1 aromatic carbocycles. The van der Waals surface area contributed by atoms with E-state index in [1.807, 2.05) is 6.92 Å². The van der Waals surface area contributed by atoms with Crippen LogP contribution in [0.4, 0.5) is 19.0 Å². The van der Waals surface area contributed by atoms with E-state index in [9.17, 15) is 23.1 Å². The molecular formula is C21H23F3N4O4. The molecule has 0 radical (unpaired) electrons. The summed E-state index contributed by atoms with van der Waals surface area (Å²) in [5.74, 6) is -1.42. The minimum Gasteiger partial charge on any atom is -0.369 e. The van der Waals surface area contributed by atoms with Crippen LogP contribution < -0.4 is 10.6 Å². The van der Waals surface area contributed by atoms with E-state index in [2.05, 4.69) is 20.6 Å². The molecule has 3 N–H and O–H groups in total. The SMILES string of the molecule is CC1(NC(=O)Cc2ncnc(N[C@H](O)c3cccc(C(F)F)c3F)c2C2OCCO2)CC1. The smallest absolute Gasteiger partial charge is 0.266 e. The highest BCUT2D eigenvalue weighted by Gasteiger charge is 2.39. The van der Waals surface area contributed by atoms with E-state index in [1.165, 1.54) is 18.5 Å². The molecule has 1 saturated carbocycles. The number of aliphatic hydroxyl groups is 1. The van der Waals surface area contributed by atoms with Gasteiger partial charge < -0.3 is 25.2 Å². The first kappa shape index (κ1) is 22.4. The summed E-state index contributed by atoms with van der Waals surface area (Å²) in [7, 11) is 0. The highest BCUT2D eigenvalue weighted by molar-refractivity contribution is 5.80. The van der Waals surface area contributed by atoms with E-state index < -0.39 is 30.3 Å². The van der Waals surface area contributed by atoms with Crippen molar-refractivity contribution in [1.29, 1.82) is 0 Å². The Hall–Kier alpha value is -2.76. The van der Waals surface area contributed by atoms with E-state index in [4.69, 9.17) is 9.47 Å². The second-order valence-corrected chi connectivity index (χ2v) is 8.04. The van der Waals surface area contributed by atoms with Crippen molar-refractivity contribution in [3.63, 3.8) is 0 Å². The topological polar surface area (TPSA) is 106 Å². The van der Waals surface area contributed by atoms with Crippen LogP contribution in [0, 0.1) is 5.82 Å². The number of hydrogen-bond donors (Lipinski definition) is 3. The van der Waals surface area contributed by atoms with Crippen molar-refractivity contribution in [2.45, 2.75) is 50.7 Å². The molecule has 4 rings (SSSR count). The Morgan fingerprint density at radius 1 is 1.25 bits per heavy atom. The lowest BCUT2D eigenvalue weighted by molar-refractivity contribution is -0.121. The van der Waals surface area contributed by atoms with Crippen LogP contribution in [0.1, 0.15) is 61.1 Å². The van der Waals surface area contributed by atoms with E-state index in [-0.39, 0.29) is 34.8 Å². The predicted octanol–water partition coefficient (Wildman–Crippen LogP) is 2.91. The molecule has 2 aromatic rings. The maximum Gasteiger partial charge on any atom is 0.266 e. The van der Waals surface area contributed by atoms with Crippen molar-refractivity contribution in [1.82, 2.24) is 15.3 Å². The molecule has 2 fully saturated rings. The van der Waals surface area contributed by atoms with Crippen LogP contribution in [0.5, 0.6) is 0 Å². The molecule has 1 amide bonds. The summed E-state index contributed by atoms with van der Waals surface area (Å²) in [5.41, 5.74) is -0.813. The molecule has 1 atom stereocenters. The molecule has 0 bridgehead atoms. The molecule has 1 aromatic heterocycles. The summed E-state index contributed by atoms with van der Waals surface area (Å²) >= 11 is 0. The molecule has 0 spiro atoms. The number of nitrogens with zero attached hydrogens (tertiary/aromatic N) is 2. The Labute approximate surface area is 182 Å². The van der Waals surface area contributed by atoms with Gasteiger partial charge >= 0.3 is 0 Å². The number of carbonyl (C=O) groups excluding carboxylic acids is 1. The number of aromatic nitrogens is 2. The average Bonchev–Trinajstić information content (AvgIpc) is 3.22. The van der Waals surface area contributed by atoms with Gasteiger partial charge in [-0.15, -0.1) is 0 Å². The first-order valence-electron chi connectivity index (χ1n) is 10.2. The number of alkyl halides is 2. The van der Waals surface area contributed by atoms with Crippen molar-refractivity contribution in [2.24, 2.45) is 0 Å². The number of halogens is 3. The Morgan fingerprint density at radius 3 is 2.59 bits per heavy atom. The fourth-order valence-electron chi connectivity index (χ4n) is 3.46. The predicted molar refractivity (Wildman–Crippen MR) is 106 cm³/mol. The average molecular weight is 452 g/mol. The van der Waals surface area contributed by atoms with Crippen LogP contribution in [-0.4, -0.2) is 39.7 Å². The van der Waals surface area contributed by atoms with Crippen LogP contribution in [0.15, 0.2) is 24.5 Å². The Balaban J connectivity index is 1.62. The molecule has 172 valence electrons. The van der Waals surface area contributed by atoms with Gasteiger partial charge in [0.1, 0.15) is 18.0 Å². The van der Waals surface area contributed by atoms with Gasteiger partial charge in [-0.1, -0.05) is 18.2 Å². The summed E-state index contributed by atoms with van der Waals surface area (Å²) < 4.78 is 51.6. The van der Waals surface area contributed by atoms with Crippen molar-refractivity contribution in [3.05, 3.63) is 52.7 Å². The second kappa shape index (κ2) is 9.00. The molecule has 2 aliphatic rings. The van der Waals surface area contributed by atoms with Crippen molar-refractivity contribution < 1.29 is 32.5 Å². The summed E-state index contributed by atoms with van der Waals surface area (Å²) in [6.45, 7) is 2.55. The van der Waals surface area contributed by atoms with Crippen LogP contribution in [0.2, 0.25) is 0 Å². The highest BCUT2D eigenvalue weighted by atomic mass is 19.3. The fraction of sp³-hybridized carbons (Fsp3) is 0.476. The van der Waals surface area contributed by atoms with E-state index >= 15 is 0 Å². The number of rotatable bonds is 8. The first-order valence-corrected chi connectivity index (χ1v) is 10.2. The number of benzene rings is 1. The quantitative estimate of drug-likeness (QED) is 0.529. The molecule has 8 nitrogen and oxygen atoms in total. The van der Waals surface area contributed by atoms with Crippen LogP contribution in [0.25, 0.3) is 0 Å². The Bertz CT molecular complexity index is 997. The fourth-order valence-corrected chi connectivity index (χ4v) is 3.46. The van der Waals surface area contributed by atoms with Gasteiger partial charge in [0, 0.05) is 11.1 Å². The summed E-state index contributed by atoms with van der Waals surface area (Å²) in [6, 6.07) is 3.36. The Morgan fingerprint density at radius 2 is 1.94 bits per heavy atom. The zero-order valence-electron chi connectivity index (χ0n) is 17.3. The van der Waals surface area contributed by atoms with E-state index in [0.29, 0.717) is 18.9 Å². The summed E-state index contributed by atoms with van der Waals surface area (Å²) in [4.78, 5) is 20.8. The third kappa shape index (κ3) is 4.84. The lowest BCUT2D eigenvalue weighted by Crippen LogP contribution is -2.35. The van der Waals surface area contributed by atoms with E-state index in [1.54, 1.807) is 0 Å². The first-order chi connectivity index (χ1) is 15.3. The lowest BCUT2D eigenvalue weighted by Gasteiger charge is -2.21. The van der Waals surface area contributed by atoms with Crippen LogP contribution >= 0.6 is 0 Å². The number of anilines is 1. The zero-order chi connectivity index (χ0) is 22.9. The van der Waals surface area contributed by atoms with Gasteiger partial charge in [0.25, 0.3) is 6.43 Å². The third-order valence-electron chi connectivity index (χ3n) is 5.45. The van der Waals surface area contributed by atoms with Crippen molar-refractivity contribution >= 4 is 11.7 Å². The summed E-state index contributed by atoms with van der Waals surface area (Å²) in [5, 5.41) is 16.1. The van der Waals surface area contributed by atoms with Gasteiger partial charge in [-0.3, -0.25) is 4.79 Å². The third-order valence-corrected chi connectivity index (χ3v) is 5.45. The van der Waals surface area contributed by atoms with Gasteiger partial charge in [-0.2, -0.15) is 0 Å². The van der Waals surface area contributed by atoms with E-state index in [0.717, 1.165) is 18.9 Å². The molecule has 1 saturated heterocycles. The van der Waals surface area contributed by atoms with Gasteiger partial charge in [-0.25, -0.2) is 23.1 Å². The highest BCUT2D eigenvalue weighted by Crippen LogP contribution is 2.36. The molecule has 32 heavy (non-hydrogen) atoms. The normalized spacial score (nSPS) is 18.6. The maximum atomic E-state index is 14.5. The van der Waals surface area contributed by atoms with Gasteiger partial charge in [0.2, 0.25) is 5.91 Å². The molecule has 0 unspecified atom stereocenters. The van der Waals surface area contributed by atoms with Gasteiger partial charge in [0.05, 0.1) is 36.5 Å². The van der Waals surface area contributed by atoms with Gasteiger partial charge in [-0.05, 0) is 19.8 Å². The number of amides is 1. The summed E-state index contributed by atoms with van der Waals surface area (Å²) in [6.07, 6.45) is -2.75. The molecular weight excluding hydrogens is 429 g/mol. The standard InChI is InChI=1S/C21H23F3N4O4/c1-21(5-6-21)28-14(29)9-13-15(20-31-7-8-32-20)18(26-10-25-13)27-19(30)12-4-2-3-11(16(12)22)17(23)24/h2-4,10,17,19-20,30H,5-9H2,1H3,(H,28,29)(H,25,26,27)/t19-/m1/s1. The largest absolute Gasteiger partial charge is 0.369 e. The minimum atomic E-state index is -3.03. The number of carbonyl (C=O) groups is 1. The van der Waals surface area contributed by atoms with Gasteiger partial charge in [0.15, 0.2) is 12.5 Å². The number of aliphatic hydroxyl groups excluding tert-OH is 1. The molecule has 1 aliphatic carbocycles. The Kier molecular flexibility index (Phi) is 6.31. The number of nitrogens with one attached hydrogen (secondary N) is 2. The molecule has 11 heteroatoms. The maximum absolute atomic E-state index is 14.5.